The second kappa shape index (κ2) is 7.34. The van der Waals surface area contributed by atoms with E-state index >= 15 is 0 Å². The molecule has 3 rings (SSSR count). The number of carbonyl (C=O) groups excluding carboxylic acids is 2. The minimum absolute atomic E-state index is 0.0388. The molecule has 0 N–H and O–H groups in total. The van der Waals surface area contributed by atoms with Crippen molar-refractivity contribution < 1.29 is 22.4 Å². The molecule has 0 saturated carbocycles. The van der Waals surface area contributed by atoms with Crippen LogP contribution in [-0.2, 0) is 14.6 Å². The number of hydrogen-bond donors (Lipinski definition) is 0. The molecule has 0 spiro atoms. The SMILES string of the molecule is CN(C(=O)C1CCN(C(=O)c2ccc(F)cc2)CC1)C1CCS(=O)(=O)C1. The van der Waals surface area contributed by atoms with Gasteiger partial charge in [-0.2, -0.15) is 0 Å². The maximum atomic E-state index is 13.0. The van der Waals surface area contributed by atoms with Crippen LogP contribution in [0.15, 0.2) is 24.3 Å². The van der Waals surface area contributed by atoms with Gasteiger partial charge >= 0.3 is 0 Å². The lowest BCUT2D eigenvalue weighted by Gasteiger charge is -2.34. The summed E-state index contributed by atoms with van der Waals surface area (Å²) in [5, 5.41) is 0. The summed E-state index contributed by atoms with van der Waals surface area (Å²) in [7, 11) is -1.36. The van der Waals surface area contributed by atoms with Gasteiger partial charge in [0.2, 0.25) is 5.91 Å². The van der Waals surface area contributed by atoms with E-state index in [1.54, 1.807) is 16.8 Å². The number of amides is 2. The third-order valence-corrected chi connectivity index (χ3v) is 7.08. The van der Waals surface area contributed by atoms with Crippen molar-refractivity contribution >= 4 is 21.7 Å². The van der Waals surface area contributed by atoms with Gasteiger partial charge in [0.05, 0.1) is 11.5 Å². The minimum Gasteiger partial charge on any atom is -0.341 e. The molecule has 6 nitrogen and oxygen atoms in total. The molecule has 1 atom stereocenters. The third-order valence-electron chi connectivity index (χ3n) is 5.33. The van der Waals surface area contributed by atoms with Crippen molar-refractivity contribution in [1.82, 2.24) is 9.80 Å². The molecule has 26 heavy (non-hydrogen) atoms. The van der Waals surface area contributed by atoms with Gasteiger partial charge in [0, 0.05) is 37.7 Å². The normalized spacial score (nSPS) is 23.0. The summed E-state index contributed by atoms with van der Waals surface area (Å²) in [4.78, 5) is 28.4. The molecule has 0 radical (unpaired) electrons. The zero-order valence-electron chi connectivity index (χ0n) is 14.7. The molecular formula is C18H23FN2O4S. The van der Waals surface area contributed by atoms with Gasteiger partial charge in [-0.3, -0.25) is 9.59 Å². The number of hydrogen-bond acceptors (Lipinski definition) is 4. The maximum absolute atomic E-state index is 13.0. The Balaban J connectivity index is 1.55. The van der Waals surface area contributed by atoms with E-state index in [0.717, 1.165) is 0 Å². The smallest absolute Gasteiger partial charge is 0.253 e. The van der Waals surface area contributed by atoms with E-state index in [-0.39, 0.29) is 41.1 Å². The summed E-state index contributed by atoms with van der Waals surface area (Å²) < 4.78 is 36.2. The Morgan fingerprint density at radius 1 is 1.12 bits per heavy atom. The first kappa shape index (κ1) is 18.8. The lowest BCUT2D eigenvalue weighted by Crippen LogP contribution is -2.46. The highest BCUT2D eigenvalue weighted by atomic mass is 32.2. The quantitative estimate of drug-likeness (QED) is 0.790. The number of benzene rings is 1. The topological polar surface area (TPSA) is 74.8 Å². The van der Waals surface area contributed by atoms with Crippen LogP contribution >= 0.6 is 0 Å². The number of nitrogens with zero attached hydrogens (tertiary/aromatic N) is 2. The van der Waals surface area contributed by atoms with Crippen LogP contribution in [0.25, 0.3) is 0 Å². The number of sulfone groups is 1. The molecule has 2 aliphatic rings. The van der Waals surface area contributed by atoms with Crippen molar-refractivity contribution in [3.63, 3.8) is 0 Å². The van der Waals surface area contributed by atoms with Crippen LogP contribution in [0, 0.1) is 11.7 Å². The molecule has 2 saturated heterocycles. The van der Waals surface area contributed by atoms with E-state index in [1.165, 1.54) is 24.3 Å². The molecule has 0 aromatic heterocycles. The highest BCUT2D eigenvalue weighted by molar-refractivity contribution is 7.91. The summed E-state index contributed by atoms with van der Waals surface area (Å²) in [6.07, 6.45) is 1.59. The number of rotatable bonds is 3. The Labute approximate surface area is 152 Å². The molecule has 2 fully saturated rings. The first-order valence-corrected chi connectivity index (χ1v) is 10.6. The van der Waals surface area contributed by atoms with Crippen molar-refractivity contribution in [2.45, 2.75) is 25.3 Å². The first-order valence-electron chi connectivity index (χ1n) is 8.79. The molecule has 1 aromatic rings. The average molecular weight is 382 g/mol. The van der Waals surface area contributed by atoms with Crippen molar-refractivity contribution in [3.8, 4) is 0 Å². The van der Waals surface area contributed by atoms with E-state index in [1.807, 2.05) is 0 Å². The maximum Gasteiger partial charge on any atom is 0.253 e. The molecule has 2 heterocycles. The molecule has 0 bridgehead atoms. The molecule has 0 aliphatic carbocycles. The van der Waals surface area contributed by atoms with Crippen LogP contribution in [-0.4, -0.2) is 67.7 Å². The molecular weight excluding hydrogens is 359 g/mol. The standard InChI is InChI=1S/C18H23FN2O4S/c1-20(16-8-11-26(24,25)12-16)17(22)14-6-9-21(10-7-14)18(23)13-2-4-15(19)5-3-13/h2-5,14,16H,6-12H2,1H3. The van der Waals surface area contributed by atoms with Crippen LogP contribution in [0.4, 0.5) is 4.39 Å². The van der Waals surface area contributed by atoms with Gasteiger partial charge in [0.25, 0.3) is 5.91 Å². The Morgan fingerprint density at radius 3 is 2.27 bits per heavy atom. The summed E-state index contributed by atoms with van der Waals surface area (Å²) in [6, 6.07) is 5.20. The van der Waals surface area contributed by atoms with Crippen molar-refractivity contribution in [1.29, 1.82) is 0 Å². The fourth-order valence-corrected chi connectivity index (χ4v) is 5.43. The Morgan fingerprint density at radius 2 is 1.73 bits per heavy atom. The Kier molecular flexibility index (Phi) is 5.32. The molecule has 1 unspecified atom stereocenters. The first-order chi connectivity index (χ1) is 12.3. The molecule has 2 aliphatic heterocycles. The monoisotopic (exact) mass is 382 g/mol. The van der Waals surface area contributed by atoms with Gasteiger partial charge in [0.15, 0.2) is 9.84 Å². The summed E-state index contributed by atoms with van der Waals surface area (Å²) in [5.74, 6) is -0.604. The average Bonchev–Trinajstić information content (AvgIpc) is 3.00. The molecule has 142 valence electrons. The highest BCUT2D eigenvalue weighted by Gasteiger charge is 2.36. The van der Waals surface area contributed by atoms with Crippen LogP contribution in [0.5, 0.6) is 0 Å². The predicted octanol–water partition coefficient (Wildman–Crippen LogP) is 1.32. The van der Waals surface area contributed by atoms with Gasteiger partial charge in [-0.1, -0.05) is 0 Å². The van der Waals surface area contributed by atoms with E-state index in [4.69, 9.17) is 0 Å². The third kappa shape index (κ3) is 4.06. The molecule has 8 heteroatoms. The van der Waals surface area contributed by atoms with E-state index in [9.17, 15) is 22.4 Å². The van der Waals surface area contributed by atoms with Crippen LogP contribution in [0.2, 0.25) is 0 Å². The largest absolute Gasteiger partial charge is 0.341 e. The van der Waals surface area contributed by atoms with E-state index < -0.39 is 9.84 Å². The van der Waals surface area contributed by atoms with Gasteiger partial charge in [-0.15, -0.1) is 0 Å². The van der Waals surface area contributed by atoms with E-state index in [2.05, 4.69) is 0 Å². The van der Waals surface area contributed by atoms with Crippen molar-refractivity contribution in [2.75, 3.05) is 31.6 Å². The molecule has 1 aromatic carbocycles. The van der Waals surface area contributed by atoms with Gasteiger partial charge in [0.1, 0.15) is 5.82 Å². The second-order valence-electron chi connectivity index (χ2n) is 7.08. The highest BCUT2D eigenvalue weighted by Crippen LogP contribution is 2.24. The Bertz CT molecular complexity index is 786. The molecule has 2 amide bonds. The van der Waals surface area contributed by atoms with Crippen molar-refractivity contribution in [3.05, 3.63) is 35.6 Å². The number of halogens is 1. The fourth-order valence-electron chi connectivity index (χ4n) is 3.65. The zero-order chi connectivity index (χ0) is 18.9. The van der Waals surface area contributed by atoms with Gasteiger partial charge in [-0.05, 0) is 43.5 Å². The summed E-state index contributed by atoms with van der Waals surface area (Å²) in [6.45, 7) is 0.923. The van der Waals surface area contributed by atoms with Gasteiger partial charge in [-0.25, -0.2) is 12.8 Å². The lowest BCUT2D eigenvalue weighted by atomic mass is 9.94. The predicted molar refractivity (Wildman–Crippen MR) is 94.9 cm³/mol. The minimum atomic E-state index is -3.03. The number of carbonyl (C=O) groups is 2. The zero-order valence-corrected chi connectivity index (χ0v) is 15.5. The number of likely N-dealkylation sites (tertiary alicyclic amines) is 1. The number of piperidine rings is 1. The summed E-state index contributed by atoms with van der Waals surface area (Å²) in [5.41, 5.74) is 0.435. The van der Waals surface area contributed by atoms with Crippen LogP contribution in [0.3, 0.4) is 0 Å². The van der Waals surface area contributed by atoms with Crippen LogP contribution < -0.4 is 0 Å². The fraction of sp³-hybridized carbons (Fsp3) is 0.556. The lowest BCUT2D eigenvalue weighted by molar-refractivity contribution is -0.137. The van der Waals surface area contributed by atoms with E-state index in [0.29, 0.717) is 37.9 Å². The summed E-state index contributed by atoms with van der Waals surface area (Å²) >= 11 is 0. The Hall–Kier alpha value is -1.96. The van der Waals surface area contributed by atoms with Crippen LogP contribution in [0.1, 0.15) is 29.6 Å². The second-order valence-corrected chi connectivity index (χ2v) is 9.31. The van der Waals surface area contributed by atoms with Gasteiger partial charge < -0.3 is 9.80 Å². The van der Waals surface area contributed by atoms with Crippen molar-refractivity contribution in [2.24, 2.45) is 5.92 Å².